The molecule has 1 saturated carbocycles. The van der Waals surface area contributed by atoms with Gasteiger partial charge < -0.3 is 10.4 Å². The van der Waals surface area contributed by atoms with Gasteiger partial charge in [0.2, 0.25) is 0 Å². The summed E-state index contributed by atoms with van der Waals surface area (Å²) in [5.74, 6) is 0. The van der Waals surface area contributed by atoms with Crippen LogP contribution in [0, 0.1) is 5.41 Å². The van der Waals surface area contributed by atoms with Crippen LogP contribution in [-0.2, 0) is 0 Å². The molecule has 0 radical (unpaired) electrons. The van der Waals surface area contributed by atoms with E-state index in [-0.39, 0.29) is 6.10 Å². The number of rotatable bonds is 5. The van der Waals surface area contributed by atoms with E-state index in [1.807, 2.05) is 17.5 Å². The van der Waals surface area contributed by atoms with Crippen molar-refractivity contribution in [2.75, 3.05) is 6.54 Å². The van der Waals surface area contributed by atoms with Crippen LogP contribution in [0.15, 0.2) is 17.5 Å². The highest BCUT2D eigenvalue weighted by atomic mass is 32.1. The molecule has 1 aromatic rings. The first-order chi connectivity index (χ1) is 7.12. The lowest BCUT2D eigenvalue weighted by Gasteiger charge is -2.21. The summed E-state index contributed by atoms with van der Waals surface area (Å²) in [6, 6.07) is 4.47. The Morgan fingerprint density at radius 1 is 1.60 bits per heavy atom. The van der Waals surface area contributed by atoms with E-state index >= 15 is 0 Å². The van der Waals surface area contributed by atoms with Gasteiger partial charge in [0, 0.05) is 17.5 Å². The Labute approximate surface area is 95.3 Å². The maximum Gasteiger partial charge on any atom is 0.101 e. The Balaban J connectivity index is 1.78. The molecule has 2 rings (SSSR count). The van der Waals surface area contributed by atoms with Crippen molar-refractivity contribution in [3.63, 3.8) is 0 Å². The third-order valence-corrected chi connectivity index (χ3v) is 4.55. The monoisotopic (exact) mass is 225 g/mol. The van der Waals surface area contributed by atoms with Crippen molar-refractivity contribution in [1.29, 1.82) is 0 Å². The van der Waals surface area contributed by atoms with Crippen LogP contribution in [0.3, 0.4) is 0 Å². The van der Waals surface area contributed by atoms with Gasteiger partial charge in [-0.2, -0.15) is 0 Å². The fourth-order valence-electron chi connectivity index (χ4n) is 1.75. The summed E-state index contributed by atoms with van der Waals surface area (Å²) < 4.78 is 0. The highest BCUT2D eigenvalue weighted by molar-refractivity contribution is 7.10. The summed E-state index contributed by atoms with van der Waals surface area (Å²) in [5.41, 5.74) is 0.481. The fourth-order valence-corrected chi connectivity index (χ4v) is 2.46. The molecule has 84 valence electrons. The first-order valence-corrected chi connectivity index (χ1v) is 6.45. The maximum absolute atomic E-state index is 9.89. The maximum atomic E-state index is 9.89. The Morgan fingerprint density at radius 3 is 2.87 bits per heavy atom. The van der Waals surface area contributed by atoms with Gasteiger partial charge in [-0.15, -0.1) is 11.3 Å². The van der Waals surface area contributed by atoms with Crippen molar-refractivity contribution >= 4 is 11.3 Å². The van der Waals surface area contributed by atoms with Gasteiger partial charge >= 0.3 is 0 Å². The lowest BCUT2D eigenvalue weighted by molar-refractivity contribution is 0.168. The molecular weight excluding hydrogens is 206 g/mol. The molecule has 1 aliphatic carbocycles. The highest BCUT2D eigenvalue weighted by Gasteiger charge is 2.42. The standard InChI is InChI=1S/C12H19NOS/c1-9(12(2)5-6-12)13-8-10(14)11-4-3-7-15-11/h3-4,7,9-10,13-14H,5-6,8H2,1-2H3. The number of hydrogen-bond acceptors (Lipinski definition) is 3. The normalized spacial score (nSPS) is 22.3. The van der Waals surface area contributed by atoms with Crippen LogP contribution in [0.2, 0.25) is 0 Å². The quantitative estimate of drug-likeness (QED) is 0.807. The number of thiophene rings is 1. The van der Waals surface area contributed by atoms with Crippen LogP contribution >= 0.6 is 11.3 Å². The van der Waals surface area contributed by atoms with Gasteiger partial charge in [0.25, 0.3) is 0 Å². The SMILES string of the molecule is CC(NCC(O)c1cccs1)C1(C)CC1. The second kappa shape index (κ2) is 4.24. The Kier molecular flexibility index (Phi) is 3.14. The summed E-state index contributed by atoms with van der Waals surface area (Å²) in [6.45, 7) is 5.19. The van der Waals surface area contributed by atoms with Crippen LogP contribution in [0.5, 0.6) is 0 Å². The highest BCUT2D eigenvalue weighted by Crippen LogP contribution is 2.47. The van der Waals surface area contributed by atoms with E-state index in [2.05, 4.69) is 19.2 Å². The molecule has 2 atom stereocenters. The number of aliphatic hydroxyl groups is 1. The lowest BCUT2D eigenvalue weighted by atomic mass is 10.0. The summed E-state index contributed by atoms with van der Waals surface area (Å²) in [6.07, 6.45) is 2.28. The third-order valence-electron chi connectivity index (χ3n) is 3.57. The molecule has 1 aliphatic rings. The van der Waals surface area contributed by atoms with Crippen LogP contribution < -0.4 is 5.32 Å². The zero-order valence-electron chi connectivity index (χ0n) is 9.36. The molecule has 0 bridgehead atoms. The van der Waals surface area contributed by atoms with Gasteiger partial charge in [-0.1, -0.05) is 13.0 Å². The molecule has 3 heteroatoms. The van der Waals surface area contributed by atoms with Crippen LogP contribution in [-0.4, -0.2) is 17.7 Å². The van der Waals surface area contributed by atoms with Crippen molar-refractivity contribution in [2.24, 2.45) is 5.41 Å². The van der Waals surface area contributed by atoms with Crippen molar-refractivity contribution in [2.45, 2.75) is 38.8 Å². The second-order valence-electron chi connectivity index (χ2n) is 4.82. The average molecular weight is 225 g/mol. The second-order valence-corrected chi connectivity index (χ2v) is 5.79. The van der Waals surface area contributed by atoms with Gasteiger partial charge in [-0.25, -0.2) is 0 Å². The van der Waals surface area contributed by atoms with E-state index in [0.29, 0.717) is 18.0 Å². The molecule has 1 aromatic heterocycles. The lowest BCUT2D eigenvalue weighted by Crippen LogP contribution is -2.36. The molecule has 1 heterocycles. The summed E-state index contributed by atoms with van der Waals surface area (Å²) in [4.78, 5) is 1.05. The summed E-state index contributed by atoms with van der Waals surface area (Å²) >= 11 is 1.62. The van der Waals surface area contributed by atoms with Crippen LogP contribution in [0.25, 0.3) is 0 Å². The van der Waals surface area contributed by atoms with Crippen molar-refractivity contribution < 1.29 is 5.11 Å². The molecule has 1 fully saturated rings. The summed E-state index contributed by atoms with van der Waals surface area (Å²) in [5, 5.41) is 15.3. The van der Waals surface area contributed by atoms with E-state index in [0.717, 1.165) is 4.88 Å². The van der Waals surface area contributed by atoms with Crippen LogP contribution in [0.1, 0.15) is 37.7 Å². The predicted octanol–water partition coefficient (Wildman–Crippen LogP) is 2.56. The van der Waals surface area contributed by atoms with E-state index in [1.165, 1.54) is 12.8 Å². The molecule has 15 heavy (non-hydrogen) atoms. The van der Waals surface area contributed by atoms with E-state index in [9.17, 15) is 5.11 Å². The zero-order chi connectivity index (χ0) is 10.9. The average Bonchev–Trinajstić information content (AvgIpc) is 2.79. The predicted molar refractivity (Wildman–Crippen MR) is 64.1 cm³/mol. The molecule has 2 N–H and O–H groups in total. The minimum Gasteiger partial charge on any atom is -0.386 e. The number of aliphatic hydroxyl groups excluding tert-OH is 1. The smallest absolute Gasteiger partial charge is 0.101 e. The molecular formula is C12H19NOS. The molecule has 0 aliphatic heterocycles. The molecule has 0 amide bonds. The summed E-state index contributed by atoms with van der Waals surface area (Å²) in [7, 11) is 0. The van der Waals surface area contributed by atoms with Crippen molar-refractivity contribution in [1.82, 2.24) is 5.32 Å². The van der Waals surface area contributed by atoms with E-state index < -0.39 is 0 Å². The number of hydrogen-bond donors (Lipinski definition) is 2. The Bertz CT molecular complexity index is 305. The van der Waals surface area contributed by atoms with Crippen molar-refractivity contribution in [3.05, 3.63) is 22.4 Å². The van der Waals surface area contributed by atoms with Gasteiger partial charge in [-0.3, -0.25) is 0 Å². The Morgan fingerprint density at radius 2 is 2.33 bits per heavy atom. The van der Waals surface area contributed by atoms with E-state index in [4.69, 9.17) is 0 Å². The van der Waals surface area contributed by atoms with Gasteiger partial charge in [0.05, 0.1) is 0 Å². The van der Waals surface area contributed by atoms with Gasteiger partial charge in [0.15, 0.2) is 0 Å². The molecule has 0 spiro atoms. The third kappa shape index (κ3) is 2.60. The van der Waals surface area contributed by atoms with Gasteiger partial charge in [-0.05, 0) is 36.6 Å². The van der Waals surface area contributed by atoms with Gasteiger partial charge in [0.1, 0.15) is 6.10 Å². The fraction of sp³-hybridized carbons (Fsp3) is 0.667. The molecule has 0 saturated heterocycles. The Hall–Kier alpha value is -0.380. The first-order valence-electron chi connectivity index (χ1n) is 5.57. The molecule has 0 aromatic carbocycles. The molecule has 2 unspecified atom stereocenters. The van der Waals surface area contributed by atoms with Crippen LogP contribution in [0.4, 0.5) is 0 Å². The van der Waals surface area contributed by atoms with E-state index in [1.54, 1.807) is 11.3 Å². The number of nitrogens with one attached hydrogen (secondary N) is 1. The largest absolute Gasteiger partial charge is 0.386 e. The minimum atomic E-state index is -0.352. The zero-order valence-corrected chi connectivity index (χ0v) is 10.2. The topological polar surface area (TPSA) is 32.3 Å². The first kappa shape index (κ1) is 11.1. The minimum absolute atomic E-state index is 0.352. The molecule has 2 nitrogen and oxygen atoms in total. The van der Waals surface area contributed by atoms with Crippen molar-refractivity contribution in [3.8, 4) is 0 Å².